The summed E-state index contributed by atoms with van der Waals surface area (Å²) in [4.78, 5) is 7.28. The van der Waals surface area contributed by atoms with E-state index in [1.165, 1.54) is 6.07 Å². The molecular weight excluding hydrogens is 726 g/mol. The van der Waals surface area contributed by atoms with Gasteiger partial charge in [-0.15, -0.1) is 18.3 Å². The number of unbranched alkanes of at least 4 members (excludes halogenated alkanes) is 2. The highest BCUT2D eigenvalue weighted by Gasteiger charge is 2.64. The highest BCUT2D eigenvalue weighted by atomic mass is 32.2. The summed E-state index contributed by atoms with van der Waals surface area (Å²) in [7, 11) is 0. The van der Waals surface area contributed by atoms with Gasteiger partial charge in [-0.25, -0.2) is 4.39 Å². The lowest BCUT2D eigenvalue weighted by atomic mass is 9.56. The molecule has 1 aliphatic heterocycles. The fourth-order valence-corrected chi connectivity index (χ4v) is 10.0. The first-order valence-corrected chi connectivity index (χ1v) is 20.7. The Hall–Kier alpha value is -4.41. The molecule has 294 valence electrons. The standard InChI is InChI=1S/C47H52FNO6S/c1-2-27-53-47-44(56-37-19-7-4-8-20-37)30-42(49-54-31-33-15-5-3-6-16-33)39-28-34(17-11-13-25-50)38(21-12-14-26-51)45(46(39)47)40-29-36(23-24-43(40)55-47)52-32-35-18-9-10-22-41(35)48/h2-10,15-16,18-20,22-24,28-29,34,38,44-46,50-51H,1,11-14,17,21,25-27,30-32H2. The Kier molecular flexibility index (Phi) is 13.6. The molecule has 6 unspecified atom stereocenters. The van der Waals surface area contributed by atoms with E-state index in [0.717, 1.165) is 58.7 Å². The lowest BCUT2D eigenvalue weighted by Crippen LogP contribution is -2.64. The number of aliphatic hydroxyl groups is 2. The molecule has 0 saturated heterocycles. The first-order chi connectivity index (χ1) is 27.5. The fourth-order valence-electron chi connectivity index (χ4n) is 8.71. The summed E-state index contributed by atoms with van der Waals surface area (Å²) < 4.78 is 35.3. The molecule has 1 heterocycles. The molecule has 7 rings (SSSR count). The second kappa shape index (κ2) is 19.2. The van der Waals surface area contributed by atoms with E-state index in [9.17, 15) is 14.6 Å². The van der Waals surface area contributed by atoms with Crippen molar-refractivity contribution in [2.45, 2.75) is 80.0 Å². The Morgan fingerprint density at radius 2 is 1.61 bits per heavy atom. The predicted molar refractivity (Wildman–Crippen MR) is 219 cm³/mol. The number of fused-ring (bicyclic) bond motifs is 2. The minimum Gasteiger partial charge on any atom is -0.489 e. The molecule has 4 aromatic carbocycles. The smallest absolute Gasteiger partial charge is 0.231 e. The van der Waals surface area contributed by atoms with Crippen LogP contribution in [-0.4, -0.2) is 46.8 Å². The first kappa shape index (κ1) is 39.8. The van der Waals surface area contributed by atoms with Crippen LogP contribution in [0.2, 0.25) is 0 Å². The van der Waals surface area contributed by atoms with Crippen molar-refractivity contribution in [3.05, 3.63) is 150 Å². The van der Waals surface area contributed by atoms with Crippen LogP contribution in [0.5, 0.6) is 11.5 Å². The van der Waals surface area contributed by atoms with E-state index in [1.54, 1.807) is 30.0 Å². The maximum absolute atomic E-state index is 14.7. The molecule has 0 bridgehead atoms. The Morgan fingerprint density at radius 1 is 0.875 bits per heavy atom. The van der Waals surface area contributed by atoms with Gasteiger partial charge in [-0.2, -0.15) is 0 Å². The van der Waals surface area contributed by atoms with Crippen LogP contribution in [0, 0.1) is 23.6 Å². The Labute approximate surface area is 334 Å². The van der Waals surface area contributed by atoms with Crippen molar-refractivity contribution in [3.63, 3.8) is 0 Å². The zero-order valence-electron chi connectivity index (χ0n) is 31.8. The largest absolute Gasteiger partial charge is 0.489 e. The molecule has 3 aliphatic rings. The summed E-state index contributed by atoms with van der Waals surface area (Å²) >= 11 is 1.73. The monoisotopic (exact) mass is 777 g/mol. The molecule has 56 heavy (non-hydrogen) atoms. The Bertz CT molecular complexity index is 1960. The zero-order valence-corrected chi connectivity index (χ0v) is 32.6. The minimum absolute atomic E-state index is 0.0862. The number of aliphatic hydroxyl groups excluding tert-OH is 2. The quantitative estimate of drug-likeness (QED) is 0.0557. The predicted octanol–water partition coefficient (Wildman–Crippen LogP) is 10.0. The van der Waals surface area contributed by atoms with Gasteiger partial charge in [-0.05, 0) is 85.1 Å². The molecular formula is C47H52FNO6S. The van der Waals surface area contributed by atoms with Crippen molar-refractivity contribution in [1.29, 1.82) is 0 Å². The summed E-state index contributed by atoms with van der Waals surface area (Å²) in [6.45, 7) is 5.02. The van der Waals surface area contributed by atoms with E-state index in [-0.39, 0.29) is 61.2 Å². The number of oxime groups is 1. The summed E-state index contributed by atoms with van der Waals surface area (Å²) in [6, 6.07) is 33.0. The van der Waals surface area contributed by atoms with E-state index >= 15 is 0 Å². The summed E-state index contributed by atoms with van der Waals surface area (Å²) in [5.41, 5.74) is 4.47. The third-order valence-electron chi connectivity index (χ3n) is 11.2. The minimum atomic E-state index is -1.10. The van der Waals surface area contributed by atoms with Crippen LogP contribution in [0.25, 0.3) is 0 Å². The lowest BCUT2D eigenvalue weighted by Gasteiger charge is -2.58. The van der Waals surface area contributed by atoms with E-state index in [1.807, 2.05) is 66.7 Å². The van der Waals surface area contributed by atoms with Gasteiger partial charge in [-0.1, -0.05) is 96.9 Å². The number of allylic oxidation sites excluding steroid dienone is 1. The van der Waals surface area contributed by atoms with Crippen LogP contribution in [0.1, 0.15) is 67.6 Å². The van der Waals surface area contributed by atoms with Crippen molar-refractivity contribution < 1.29 is 33.7 Å². The van der Waals surface area contributed by atoms with Gasteiger partial charge in [-0.3, -0.25) is 0 Å². The Morgan fingerprint density at radius 3 is 2.36 bits per heavy atom. The summed E-state index contributed by atoms with van der Waals surface area (Å²) in [6.07, 6.45) is 9.62. The highest BCUT2D eigenvalue weighted by molar-refractivity contribution is 8.00. The number of hydrogen-bond acceptors (Lipinski definition) is 8. The average molecular weight is 778 g/mol. The van der Waals surface area contributed by atoms with Crippen molar-refractivity contribution in [3.8, 4) is 11.5 Å². The summed E-state index contributed by atoms with van der Waals surface area (Å²) in [5, 5.41) is 24.4. The van der Waals surface area contributed by atoms with Crippen LogP contribution in [0.4, 0.5) is 4.39 Å². The molecule has 0 aromatic heterocycles. The average Bonchev–Trinajstić information content (AvgIpc) is 3.22. The molecule has 2 aliphatic carbocycles. The molecule has 9 heteroatoms. The van der Waals surface area contributed by atoms with Crippen LogP contribution in [0.3, 0.4) is 0 Å². The number of benzene rings is 4. The Balaban J connectivity index is 1.38. The third-order valence-corrected chi connectivity index (χ3v) is 12.6. The third kappa shape index (κ3) is 8.92. The maximum atomic E-state index is 14.7. The van der Waals surface area contributed by atoms with Gasteiger partial charge < -0.3 is 29.3 Å². The maximum Gasteiger partial charge on any atom is 0.231 e. The van der Waals surface area contributed by atoms with Crippen molar-refractivity contribution in [2.24, 2.45) is 22.9 Å². The normalized spacial score (nSPS) is 24.4. The zero-order chi connectivity index (χ0) is 38.7. The van der Waals surface area contributed by atoms with Gasteiger partial charge in [0.1, 0.15) is 30.5 Å². The highest BCUT2D eigenvalue weighted by Crippen LogP contribution is 2.63. The van der Waals surface area contributed by atoms with Gasteiger partial charge in [0.25, 0.3) is 0 Å². The van der Waals surface area contributed by atoms with Crippen molar-refractivity contribution in [1.82, 2.24) is 0 Å². The van der Waals surface area contributed by atoms with Crippen molar-refractivity contribution >= 4 is 17.5 Å². The lowest BCUT2D eigenvalue weighted by molar-refractivity contribution is -0.223. The molecule has 7 nitrogen and oxygen atoms in total. The molecule has 2 N–H and O–H groups in total. The van der Waals surface area contributed by atoms with E-state index in [4.69, 9.17) is 24.2 Å². The van der Waals surface area contributed by atoms with Gasteiger partial charge in [0.05, 0.1) is 23.5 Å². The van der Waals surface area contributed by atoms with E-state index < -0.39 is 5.79 Å². The molecule has 6 atom stereocenters. The van der Waals surface area contributed by atoms with Crippen LogP contribution >= 0.6 is 11.8 Å². The molecule has 1 saturated carbocycles. The number of nitrogens with zero attached hydrogens (tertiary/aromatic N) is 1. The van der Waals surface area contributed by atoms with Gasteiger partial charge in [0.15, 0.2) is 0 Å². The van der Waals surface area contributed by atoms with Gasteiger partial charge in [0, 0.05) is 41.6 Å². The number of hydrogen-bond donors (Lipinski definition) is 2. The fraction of sp³-hybridized carbons (Fsp3) is 0.383. The summed E-state index contributed by atoms with van der Waals surface area (Å²) in [5.74, 6) is -0.107. The van der Waals surface area contributed by atoms with Gasteiger partial charge >= 0.3 is 0 Å². The number of halogens is 1. The molecule has 0 radical (unpaired) electrons. The van der Waals surface area contributed by atoms with Crippen LogP contribution in [-0.2, 0) is 22.8 Å². The van der Waals surface area contributed by atoms with E-state index in [2.05, 4.69) is 30.9 Å². The first-order valence-electron chi connectivity index (χ1n) is 19.9. The topological polar surface area (TPSA) is 89.7 Å². The number of rotatable bonds is 19. The van der Waals surface area contributed by atoms with Gasteiger partial charge in [0.2, 0.25) is 5.79 Å². The second-order valence-electron chi connectivity index (χ2n) is 14.8. The molecule has 4 aromatic rings. The molecule has 0 amide bonds. The molecule has 0 spiro atoms. The number of ether oxygens (including phenoxy) is 3. The SMILES string of the molecule is C=CCOC12Oc3ccc(OCc4ccccc4F)cc3C3C(CCCCO)C(CCCCO)C=C(C(=NOCc4ccccc4)CC1Sc1ccccc1)C32. The van der Waals surface area contributed by atoms with Crippen LogP contribution < -0.4 is 9.47 Å². The van der Waals surface area contributed by atoms with E-state index in [0.29, 0.717) is 37.2 Å². The van der Waals surface area contributed by atoms with Crippen LogP contribution in [0.15, 0.2) is 137 Å². The molecule has 1 fully saturated rings. The second-order valence-corrected chi connectivity index (χ2v) is 16.1. The van der Waals surface area contributed by atoms with Crippen molar-refractivity contribution in [2.75, 3.05) is 19.8 Å². The number of thioether (sulfide) groups is 1.